The van der Waals surface area contributed by atoms with Crippen LogP contribution in [0.2, 0.25) is 0 Å². The minimum atomic E-state index is -1.11. The Morgan fingerprint density at radius 3 is 2.57 bits per heavy atom. The Morgan fingerprint density at radius 1 is 1.33 bits per heavy atom. The first-order chi connectivity index (χ1) is 10.1. The van der Waals surface area contributed by atoms with E-state index in [-0.39, 0.29) is 12.2 Å². The first-order valence-corrected chi connectivity index (χ1v) is 6.16. The van der Waals surface area contributed by atoms with Crippen molar-refractivity contribution in [2.75, 3.05) is 0 Å². The first kappa shape index (κ1) is 14.5. The molecule has 8 nitrogen and oxygen atoms in total. The molecule has 1 N–H and O–H groups in total. The summed E-state index contributed by atoms with van der Waals surface area (Å²) in [6, 6.07) is 4.17. The number of carbonyl (C=O) groups excluding carboxylic acids is 1. The van der Waals surface area contributed by atoms with Crippen LogP contribution in [0.25, 0.3) is 0 Å². The summed E-state index contributed by atoms with van der Waals surface area (Å²) in [7, 11) is 0. The molecule has 0 saturated carbocycles. The third kappa shape index (κ3) is 3.56. The van der Waals surface area contributed by atoms with Gasteiger partial charge in [-0.3, -0.25) is 9.69 Å². The van der Waals surface area contributed by atoms with Gasteiger partial charge in [-0.25, -0.2) is 14.8 Å². The van der Waals surface area contributed by atoms with E-state index in [4.69, 9.17) is 0 Å². The number of nitrogens with zero attached hydrogens (tertiary/aromatic N) is 5. The monoisotopic (exact) mass is 287 g/mol. The molecule has 0 aliphatic heterocycles. The number of aromatic nitrogens is 4. The number of hydrogen-bond acceptors (Lipinski definition) is 6. The molecule has 0 fully saturated rings. The van der Waals surface area contributed by atoms with E-state index in [0.29, 0.717) is 17.8 Å². The van der Waals surface area contributed by atoms with Gasteiger partial charge >= 0.3 is 6.09 Å². The minimum absolute atomic E-state index is 0.0287. The Hall–Kier alpha value is -2.90. The van der Waals surface area contributed by atoms with Crippen molar-refractivity contribution in [2.45, 2.75) is 19.5 Å². The predicted molar refractivity (Wildman–Crippen MR) is 71.4 cm³/mol. The lowest BCUT2D eigenvalue weighted by molar-refractivity contribution is 0.111. The second-order valence-corrected chi connectivity index (χ2v) is 4.26. The highest BCUT2D eigenvalue weighted by molar-refractivity contribution is 5.71. The molecule has 21 heavy (non-hydrogen) atoms. The van der Waals surface area contributed by atoms with Gasteiger partial charge in [0.1, 0.15) is 5.69 Å². The zero-order valence-electron chi connectivity index (χ0n) is 11.2. The maximum absolute atomic E-state index is 11.4. The molecule has 0 bridgehead atoms. The summed E-state index contributed by atoms with van der Waals surface area (Å²) in [6.45, 7) is 1.72. The maximum Gasteiger partial charge on any atom is 0.408 e. The first-order valence-electron chi connectivity index (χ1n) is 6.16. The lowest BCUT2D eigenvalue weighted by Crippen LogP contribution is -2.33. The van der Waals surface area contributed by atoms with Crippen LogP contribution in [-0.2, 0) is 6.54 Å². The molecule has 108 valence electrons. The van der Waals surface area contributed by atoms with Gasteiger partial charge < -0.3 is 5.11 Å². The van der Waals surface area contributed by atoms with E-state index in [1.54, 1.807) is 31.5 Å². The fourth-order valence-electron chi connectivity index (χ4n) is 1.73. The molecule has 1 unspecified atom stereocenters. The SMILES string of the molecule is CC(c1ncccn1)N(Cc1ccc(C=O)nn1)C(=O)O. The second kappa shape index (κ2) is 6.51. The molecule has 1 amide bonds. The highest BCUT2D eigenvalue weighted by atomic mass is 16.4. The molecule has 0 spiro atoms. The Morgan fingerprint density at radius 2 is 2.05 bits per heavy atom. The molecule has 2 heterocycles. The fraction of sp³-hybridized carbons (Fsp3) is 0.231. The van der Waals surface area contributed by atoms with Crippen LogP contribution in [0, 0.1) is 0 Å². The average molecular weight is 287 g/mol. The number of carboxylic acid groups (broad SMARTS) is 1. The zero-order chi connectivity index (χ0) is 15.2. The topological polar surface area (TPSA) is 109 Å². The molecular formula is C13H13N5O3. The minimum Gasteiger partial charge on any atom is -0.465 e. The van der Waals surface area contributed by atoms with Crippen molar-refractivity contribution in [3.05, 3.63) is 47.8 Å². The highest BCUT2D eigenvalue weighted by Crippen LogP contribution is 2.18. The van der Waals surface area contributed by atoms with Gasteiger partial charge in [0.25, 0.3) is 0 Å². The van der Waals surface area contributed by atoms with Crippen molar-refractivity contribution in [3.63, 3.8) is 0 Å². The maximum atomic E-state index is 11.4. The average Bonchev–Trinajstić information content (AvgIpc) is 2.53. The van der Waals surface area contributed by atoms with Crippen LogP contribution in [-0.4, -0.2) is 42.6 Å². The van der Waals surface area contributed by atoms with Gasteiger partial charge in [-0.05, 0) is 25.1 Å². The summed E-state index contributed by atoms with van der Waals surface area (Å²) in [4.78, 5) is 31.2. The molecule has 2 aromatic rings. The van der Waals surface area contributed by atoms with Crippen LogP contribution in [0.1, 0.15) is 35.0 Å². The molecular weight excluding hydrogens is 274 g/mol. The van der Waals surface area contributed by atoms with E-state index in [2.05, 4.69) is 20.2 Å². The molecule has 0 aliphatic rings. The molecule has 1 atom stereocenters. The van der Waals surface area contributed by atoms with Crippen molar-refractivity contribution < 1.29 is 14.7 Å². The summed E-state index contributed by atoms with van der Waals surface area (Å²) >= 11 is 0. The quantitative estimate of drug-likeness (QED) is 0.826. The lowest BCUT2D eigenvalue weighted by atomic mass is 10.2. The molecule has 2 rings (SSSR count). The molecule has 0 aromatic carbocycles. The van der Waals surface area contributed by atoms with Crippen molar-refractivity contribution in [2.24, 2.45) is 0 Å². The molecule has 8 heteroatoms. The summed E-state index contributed by atoms with van der Waals surface area (Å²) in [5.41, 5.74) is 0.630. The van der Waals surface area contributed by atoms with Crippen LogP contribution in [0.5, 0.6) is 0 Å². The standard InChI is InChI=1S/C13H13N5O3/c1-9(12-14-5-2-6-15-12)18(13(20)21)7-10-3-4-11(8-19)17-16-10/h2-6,8-9H,7H2,1H3,(H,20,21). The van der Waals surface area contributed by atoms with Gasteiger partial charge in [0.05, 0.1) is 18.3 Å². The number of amides is 1. The van der Waals surface area contributed by atoms with Crippen molar-refractivity contribution in [3.8, 4) is 0 Å². The van der Waals surface area contributed by atoms with Crippen LogP contribution < -0.4 is 0 Å². The van der Waals surface area contributed by atoms with Gasteiger partial charge in [0.2, 0.25) is 0 Å². The lowest BCUT2D eigenvalue weighted by Gasteiger charge is -2.24. The van der Waals surface area contributed by atoms with E-state index >= 15 is 0 Å². The van der Waals surface area contributed by atoms with E-state index < -0.39 is 12.1 Å². The summed E-state index contributed by atoms with van der Waals surface area (Å²) in [5.74, 6) is 0.400. The van der Waals surface area contributed by atoms with Crippen molar-refractivity contribution in [1.29, 1.82) is 0 Å². The Bertz CT molecular complexity index is 617. The van der Waals surface area contributed by atoms with Crippen molar-refractivity contribution >= 4 is 12.4 Å². The third-order valence-corrected chi connectivity index (χ3v) is 2.87. The van der Waals surface area contributed by atoms with Crippen LogP contribution in [0.4, 0.5) is 4.79 Å². The zero-order valence-corrected chi connectivity index (χ0v) is 11.2. The van der Waals surface area contributed by atoms with Gasteiger partial charge in [-0.2, -0.15) is 5.10 Å². The largest absolute Gasteiger partial charge is 0.465 e. The highest BCUT2D eigenvalue weighted by Gasteiger charge is 2.23. The third-order valence-electron chi connectivity index (χ3n) is 2.87. The molecule has 0 radical (unpaired) electrons. The van der Waals surface area contributed by atoms with Crippen LogP contribution >= 0.6 is 0 Å². The molecule has 2 aromatic heterocycles. The van der Waals surface area contributed by atoms with E-state index in [1.165, 1.54) is 6.07 Å². The molecule has 0 aliphatic carbocycles. The Labute approximate surface area is 120 Å². The van der Waals surface area contributed by atoms with Crippen LogP contribution in [0.3, 0.4) is 0 Å². The summed E-state index contributed by atoms with van der Waals surface area (Å²) in [5, 5.41) is 16.8. The van der Waals surface area contributed by atoms with Gasteiger partial charge in [-0.15, -0.1) is 5.10 Å². The smallest absolute Gasteiger partial charge is 0.408 e. The van der Waals surface area contributed by atoms with Gasteiger partial charge in [0.15, 0.2) is 12.1 Å². The van der Waals surface area contributed by atoms with E-state index in [9.17, 15) is 14.7 Å². The summed E-state index contributed by atoms with van der Waals surface area (Å²) < 4.78 is 0. The number of hydrogen-bond donors (Lipinski definition) is 1. The van der Waals surface area contributed by atoms with Gasteiger partial charge in [-0.1, -0.05) is 0 Å². The Kier molecular flexibility index (Phi) is 4.50. The number of aldehydes is 1. The van der Waals surface area contributed by atoms with Crippen LogP contribution in [0.15, 0.2) is 30.6 Å². The fourth-order valence-corrected chi connectivity index (χ4v) is 1.73. The second-order valence-electron chi connectivity index (χ2n) is 4.26. The van der Waals surface area contributed by atoms with Gasteiger partial charge in [0, 0.05) is 12.4 Å². The van der Waals surface area contributed by atoms with E-state index in [0.717, 1.165) is 4.90 Å². The normalized spacial score (nSPS) is 11.7. The Balaban J connectivity index is 2.19. The van der Waals surface area contributed by atoms with E-state index in [1.807, 2.05) is 0 Å². The predicted octanol–water partition coefficient (Wildman–Crippen LogP) is 1.32. The summed E-state index contributed by atoms with van der Waals surface area (Å²) in [6.07, 6.45) is 2.57. The molecule has 0 saturated heterocycles. The van der Waals surface area contributed by atoms with Crippen molar-refractivity contribution in [1.82, 2.24) is 25.1 Å². The number of rotatable bonds is 5. The number of carbonyl (C=O) groups is 2.